The Morgan fingerprint density at radius 2 is 2.16 bits per heavy atom. The van der Waals surface area contributed by atoms with Crippen LogP contribution in [0.15, 0.2) is 16.4 Å². The van der Waals surface area contributed by atoms with Gasteiger partial charge in [0, 0.05) is 31.6 Å². The summed E-state index contributed by atoms with van der Waals surface area (Å²) in [4.78, 5) is 20.2. The van der Waals surface area contributed by atoms with Crippen molar-refractivity contribution in [3.8, 4) is 0 Å². The molecule has 6 heteroatoms. The molecule has 0 unspecified atom stereocenters. The molecule has 0 saturated heterocycles. The Kier molecular flexibility index (Phi) is 5.99. The molecule has 1 fully saturated rings. The number of aliphatic imine (C=N–C) groups is 1. The molecule has 2 heterocycles. The Bertz CT molecular complexity index is 619. The van der Waals surface area contributed by atoms with Crippen LogP contribution in [0.25, 0.3) is 0 Å². The lowest BCUT2D eigenvalue weighted by Gasteiger charge is -2.29. The van der Waals surface area contributed by atoms with Crippen molar-refractivity contribution in [3.63, 3.8) is 0 Å². The first kappa shape index (κ1) is 18.2. The molecule has 25 heavy (non-hydrogen) atoms. The van der Waals surface area contributed by atoms with E-state index in [2.05, 4.69) is 34.0 Å². The van der Waals surface area contributed by atoms with Crippen molar-refractivity contribution in [3.05, 3.63) is 21.9 Å². The second-order valence-electron chi connectivity index (χ2n) is 7.27. The summed E-state index contributed by atoms with van der Waals surface area (Å²) in [6.07, 6.45) is 7.43. The van der Waals surface area contributed by atoms with E-state index in [0.717, 1.165) is 32.0 Å². The minimum absolute atomic E-state index is 0.144. The third kappa shape index (κ3) is 4.35. The van der Waals surface area contributed by atoms with Gasteiger partial charge in [-0.25, -0.2) is 0 Å². The van der Waals surface area contributed by atoms with Gasteiger partial charge in [0.05, 0.1) is 6.54 Å². The molecular formula is C19H30N4OS. The predicted octanol–water partition coefficient (Wildman–Crippen LogP) is 2.77. The lowest BCUT2D eigenvalue weighted by molar-refractivity contribution is -0.130. The highest BCUT2D eigenvalue weighted by Gasteiger charge is 2.32. The van der Waals surface area contributed by atoms with E-state index in [1.807, 2.05) is 4.90 Å². The number of fused-ring (bicyclic) bond motifs is 1. The van der Waals surface area contributed by atoms with E-state index in [1.54, 1.807) is 18.4 Å². The summed E-state index contributed by atoms with van der Waals surface area (Å²) >= 11 is 1.80. The fourth-order valence-corrected chi connectivity index (χ4v) is 4.89. The number of rotatable bonds is 5. The lowest BCUT2D eigenvalue weighted by atomic mass is 9.83. The summed E-state index contributed by atoms with van der Waals surface area (Å²) in [6, 6.07) is 2.14. The van der Waals surface area contributed by atoms with Gasteiger partial charge in [0.1, 0.15) is 0 Å². The Balaban J connectivity index is 1.46. The normalized spacial score (nSPS) is 19.6. The fourth-order valence-electron chi connectivity index (χ4n) is 4.00. The Morgan fingerprint density at radius 1 is 1.36 bits per heavy atom. The standard InChI is InChI=1S/C19H30N4OS/c1-3-19(8-4-5-9-19)14-22-18(20-2)21-12-17(24)23-10-6-16-15(13-23)7-11-25-16/h7,11H,3-6,8-10,12-14H2,1-2H3,(H2,20,21,22). The fraction of sp³-hybridized carbons (Fsp3) is 0.684. The summed E-state index contributed by atoms with van der Waals surface area (Å²) in [5, 5.41) is 8.76. The van der Waals surface area contributed by atoms with Gasteiger partial charge in [-0.2, -0.15) is 0 Å². The molecule has 5 nitrogen and oxygen atoms in total. The second-order valence-corrected chi connectivity index (χ2v) is 8.27. The average Bonchev–Trinajstić information content (AvgIpc) is 3.30. The first-order chi connectivity index (χ1) is 12.2. The molecule has 1 aliphatic carbocycles. The SMILES string of the molecule is CCC1(CNC(=NC)NCC(=O)N2CCc3sccc3C2)CCCC1. The van der Waals surface area contributed by atoms with E-state index in [4.69, 9.17) is 0 Å². The van der Waals surface area contributed by atoms with E-state index >= 15 is 0 Å². The average molecular weight is 363 g/mol. The zero-order valence-corrected chi connectivity index (χ0v) is 16.3. The van der Waals surface area contributed by atoms with E-state index < -0.39 is 0 Å². The number of hydrogen-bond acceptors (Lipinski definition) is 3. The number of carbonyl (C=O) groups is 1. The van der Waals surface area contributed by atoms with Crippen LogP contribution >= 0.6 is 11.3 Å². The van der Waals surface area contributed by atoms with Crippen molar-refractivity contribution in [1.82, 2.24) is 15.5 Å². The van der Waals surface area contributed by atoms with E-state index in [0.29, 0.717) is 12.0 Å². The molecule has 1 aromatic rings. The lowest BCUT2D eigenvalue weighted by Crippen LogP contribution is -2.47. The van der Waals surface area contributed by atoms with Crippen LogP contribution in [0.5, 0.6) is 0 Å². The molecule has 1 saturated carbocycles. The summed E-state index contributed by atoms with van der Waals surface area (Å²) in [5.74, 6) is 0.882. The zero-order valence-electron chi connectivity index (χ0n) is 15.4. The zero-order chi connectivity index (χ0) is 17.7. The molecule has 1 aliphatic heterocycles. The highest BCUT2D eigenvalue weighted by Crippen LogP contribution is 2.40. The van der Waals surface area contributed by atoms with Crippen LogP contribution in [0.2, 0.25) is 0 Å². The maximum atomic E-state index is 12.5. The van der Waals surface area contributed by atoms with Gasteiger partial charge in [-0.05, 0) is 48.1 Å². The maximum absolute atomic E-state index is 12.5. The maximum Gasteiger partial charge on any atom is 0.242 e. The molecule has 0 atom stereocenters. The molecule has 138 valence electrons. The van der Waals surface area contributed by atoms with Gasteiger partial charge in [-0.3, -0.25) is 9.79 Å². The Hall–Kier alpha value is -1.56. The minimum atomic E-state index is 0.144. The quantitative estimate of drug-likeness (QED) is 0.625. The highest BCUT2D eigenvalue weighted by atomic mass is 32.1. The molecule has 0 bridgehead atoms. The van der Waals surface area contributed by atoms with Crippen molar-refractivity contribution < 1.29 is 4.79 Å². The van der Waals surface area contributed by atoms with E-state index in [-0.39, 0.29) is 5.91 Å². The molecule has 3 rings (SSSR count). The number of amides is 1. The summed E-state index contributed by atoms with van der Waals surface area (Å²) < 4.78 is 0. The molecule has 1 amide bonds. The van der Waals surface area contributed by atoms with Gasteiger partial charge >= 0.3 is 0 Å². The Morgan fingerprint density at radius 3 is 2.88 bits per heavy atom. The molecule has 2 aliphatic rings. The number of nitrogens with one attached hydrogen (secondary N) is 2. The first-order valence-corrected chi connectivity index (χ1v) is 10.3. The third-order valence-corrected chi connectivity index (χ3v) is 6.86. The van der Waals surface area contributed by atoms with Crippen molar-refractivity contribution in [2.24, 2.45) is 10.4 Å². The van der Waals surface area contributed by atoms with Crippen LogP contribution in [-0.2, 0) is 17.8 Å². The number of nitrogens with zero attached hydrogens (tertiary/aromatic N) is 2. The molecule has 1 aromatic heterocycles. The monoisotopic (exact) mass is 362 g/mol. The van der Waals surface area contributed by atoms with Crippen LogP contribution in [0.3, 0.4) is 0 Å². The van der Waals surface area contributed by atoms with E-state index in [1.165, 1.54) is 42.5 Å². The third-order valence-electron chi connectivity index (χ3n) is 5.84. The van der Waals surface area contributed by atoms with E-state index in [9.17, 15) is 4.79 Å². The largest absolute Gasteiger partial charge is 0.356 e. The molecule has 0 spiro atoms. The van der Waals surface area contributed by atoms with Gasteiger partial charge in [0.25, 0.3) is 0 Å². The van der Waals surface area contributed by atoms with Gasteiger partial charge in [-0.1, -0.05) is 19.8 Å². The first-order valence-electron chi connectivity index (χ1n) is 9.43. The van der Waals surface area contributed by atoms with Gasteiger partial charge in [-0.15, -0.1) is 11.3 Å². The number of hydrogen-bond donors (Lipinski definition) is 2. The van der Waals surface area contributed by atoms with Crippen molar-refractivity contribution in [2.75, 3.05) is 26.7 Å². The topological polar surface area (TPSA) is 56.7 Å². The van der Waals surface area contributed by atoms with Gasteiger partial charge < -0.3 is 15.5 Å². The summed E-state index contributed by atoms with van der Waals surface area (Å²) in [7, 11) is 1.77. The van der Waals surface area contributed by atoms with Crippen LogP contribution < -0.4 is 10.6 Å². The van der Waals surface area contributed by atoms with Gasteiger partial charge in [0.2, 0.25) is 5.91 Å². The molecule has 0 radical (unpaired) electrons. The van der Waals surface area contributed by atoms with Crippen molar-refractivity contribution in [2.45, 2.75) is 52.0 Å². The van der Waals surface area contributed by atoms with Gasteiger partial charge in [0.15, 0.2) is 5.96 Å². The Labute approximate surface area is 154 Å². The number of carbonyl (C=O) groups excluding carboxylic acids is 1. The summed E-state index contributed by atoms with van der Waals surface area (Å²) in [6.45, 7) is 5.09. The van der Waals surface area contributed by atoms with Crippen LogP contribution in [0.4, 0.5) is 0 Å². The molecule has 0 aromatic carbocycles. The molecule has 2 N–H and O–H groups in total. The number of thiophene rings is 1. The van der Waals surface area contributed by atoms with Crippen molar-refractivity contribution >= 4 is 23.2 Å². The summed E-state index contributed by atoms with van der Waals surface area (Å²) in [5.41, 5.74) is 1.71. The van der Waals surface area contributed by atoms with Crippen LogP contribution in [0, 0.1) is 5.41 Å². The highest BCUT2D eigenvalue weighted by molar-refractivity contribution is 7.10. The smallest absolute Gasteiger partial charge is 0.242 e. The second kappa shape index (κ2) is 8.21. The molecular weight excluding hydrogens is 332 g/mol. The number of guanidine groups is 1. The predicted molar refractivity (Wildman–Crippen MR) is 104 cm³/mol. The van der Waals surface area contributed by atoms with Crippen LogP contribution in [-0.4, -0.2) is 43.4 Å². The van der Waals surface area contributed by atoms with Crippen LogP contribution in [0.1, 0.15) is 49.5 Å². The minimum Gasteiger partial charge on any atom is -0.356 e. The van der Waals surface area contributed by atoms with Crippen molar-refractivity contribution in [1.29, 1.82) is 0 Å².